The maximum atomic E-state index is 12.9. The zero-order valence-corrected chi connectivity index (χ0v) is 38.2. The fraction of sp³-hybridized carbons (Fsp3) is 0.100. The molecule has 2 heterocycles. The van der Waals surface area contributed by atoms with E-state index in [4.69, 9.17) is 0 Å². The summed E-state index contributed by atoms with van der Waals surface area (Å²) in [5.74, 6) is -0.555. The second-order valence-corrected chi connectivity index (χ2v) is 14.7. The van der Waals surface area contributed by atoms with Crippen molar-refractivity contribution in [1.29, 1.82) is 0 Å². The van der Waals surface area contributed by atoms with Gasteiger partial charge in [0.2, 0.25) is 0 Å². The number of hydrogen-bond donors (Lipinski definition) is 1. The van der Waals surface area contributed by atoms with Gasteiger partial charge in [-0.3, -0.25) is 39.4 Å². The third kappa shape index (κ3) is 14.2. The first kappa shape index (κ1) is 51.3. The minimum Gasteiger partial charge on any atom is -1.00 e. The molecule has 4 aromatic carbocycles. The summed E-state index contributed by atoms with van der Waals surface area (Å²) in [6.07, 6.45) is -6.22. The van der Waals surface area contributed by atoms with Gasteiger partial charge in [-0.15, -0.1) is 0 Å². The van der Waals surface area contributed by atoms with Crippen molar-refractivity contribution >= 4 is 70.7 Å². The molecule has 6 rings (SSSR count). The van der Waals surface area contributed by atoms with E-state index in [-0.39, 0.29) is 52.1 Å². The normalized spacial score (nSPS) is 10.9. The summed E-state index contributed by atoms with van der Waals surface area (Å²) in [6, 6.07) is 24.5. The Kier molecular flexibility index (Phi) is 18.5. The molecular weight excluding hydrogens is 1040 g/mol. The van der Waals surface area contributed by atoms with Gasteiger partial charge in [-0.2, -0.15) is 26.3 Å². The second-order valence-electron chi connectivity index (χ2n) is 12.3. The van der Waals surface area contributed by atoms with Crippen LogP contribution < -0.4 is 40.7 Å². The number of nitrogens with one attached hydrogen (secondary N) is 1. The van der Waals surface area contributed by atoms with E-state index in [1.165, 1.54) is 54.9 Å². The van der Waals surface area contributed by atoms with Crippen molar-refractivity contribution in [3.05, 3.63) is 194 Å². The average Bonchev–Trinajstić information content (AvgIpc) is 3.22. The Bertz CT molecular complexity index is 2720. The van der Waals surface area contributed by atoms with E-state index < -0.39 is 68.1 Å². The standard InChI is InChI=1S/C20H12BrF3N2O4.C15H10BrF3O.C5H3BrN2O3.Na.H/c21-16-9-17(26(29)30)19(28)25(10-16)11-18(27)13-6-4-12(5-7-13)14-2-1-3-15(8-14)20(22,23)24;16-9-14(20)11-6-4-10(5-7-11)12-2-1-3-13(8-12)15(17,18)19;6-3-1-4(8(10)11)5(9)7-2-3;;/h1-10H,11H2;1-8H,9H2;1-2H,(H,7,9);;/q;;;+1;-1. The molecule has 0 unspecified atom stereocenters. The van der Waals surface area contributed by atoms with Gasteiger partial charge in [-0.25, -0.2) is 0 Å². The maximum absolute atomic E-state index is 12.9. The number of halogens is 9. The van der Waals surface area contributed by atoms with Gasteiger partial charge in [-0.1, -0.05) is 88.7 Å². The van der Waals surface area contributed by atoms with E-state index >= 15 is 0 Å². The molecule has 0 spiro atoms. The van der Waals surface area contributed by atoms with Gasteiger partial charge in [0.1, 0.15) is 0 Å². The van der Waals surface area contributed by atoms with E-state index in [1.54, 1.807) is 30.3 Å². The minimum atomic E-state index is -4.47. The Morgan fingerprint density at radius 1 is 0.645 bits per heavy atom. The van der Waals surface area contributed by atoms with Gasteiger partial charge >= 0.3 is 64.4 Å². The first-order chi connectivity index (χ1) is 28.6. The monoisotopic (exact) mass is 1060 g/mol. The Hall–Kier alpha value is -5.06. The van der Waals surface area contributed by atoms with Crippen LogP contribution in [-0.2, 0) is 18.9 Å². The van der Waals surface area contributed by atoms with Crippen molar-refractivity contribution in [2.24, 2.45) is 0 Å². The zero-order chi connectivity index (χ0) is 45.2. The largest absolute Gasteiger partial charge is 1.00 e. The van der Waals surface area contributed by atoms with Crippen LogP contribution in [0.15, 0.2) is 140 Å². The maximum Gasteiger partial charge on any atom is 1.00 e. The molecule has 62 heavy (non-hydrogen) atoms. The summed E-state index contributed by atoms with van der Waals surface area (Å²) >= 11 is 9.12. The summed E-state index contributed by atoms with van der Waals surface area (Å²) in [5.41, 5.74) is -1.55. The molecule has 1 N–H and O–H groups in total. The van der Waals surface area contributed by atoms with E-state index in [1.807, 2.05) is 0 Å². The fourth-order valence-corrected chi connectivity index (χ4v) is 6.30. The van der Waals surface area contributed by atoms with Gasteiger partial charge in [0.05, 0.1) is 32.8 Å². The first-order valence-corrected chi connectivity index (χ1v) is 19.5. The molecule has 0 saturated heterocycles. The number of nitrogens with zero attached hydrogens (tertiary/aromatic N) is 3. The molecule has 0 fully saturated rings. The third-order valence-electron chi connectivity index (χ3n) is 8.17. The summed E-state index contributed by atoms with van der Waals surface area (Å²) < 4.78 is 78.3. The average molecular weight is 1070 g/mol. The Labute approximate surface area is 394 Å². The number of benzene rings is 4. The molecule has 0 amide bonds. The molecule has 22 heteroatoms. The predicted molar refractivity (Wildman–Crippen MR) is 224 cm³/mol. The van der Waals surface area contributed by atoms with E-state index in [9.17, 15) is 65.7 Å². The molecule has 0 aliphatic carbocycles. The quantitative estimate of drug-likeness (QED) is 0.0377. The van der Waals surface area contributed by atoms with Gasteiger partial charge in [0.25, 0.3) is 0 Å². The van der Waals surface area contributed by atoms with Crippen molar-refractivity contribution in [3.63, 3.8) is 0 Å². The molecule has 12 nitrogen and oxygen atoms in total. The summed E-state index contributed by atoms with van der Waals surface area (Å²) in [4.78, 5) is 68.5. The molecule has 0 bridgehead atoms. The number of H-pyrrole nitrogens is 1. The van der Waals surface area contributed by atoms with Crippen molar-refractivity contribution in [3.8, 4) is 22.3 Å². The number of carbonyl (C=O) groups is 2. The molecule has 318 valence electrons. The first-order valence-electron chi connectivity index (χ1n) is 16.8. The Morgan fingerprint density at radius 2 is 1.08 bits per heavy atom. The molecule has 0 radical (unpaired) electrons. The topological polar surface area (TPSA) is 175 Å². The number of aromatic amines is 1. The van der Waals surface area contributed by atoms with Gasteiger partial charge in [0, 0.05) is 44.6 Å². The van der Waals surface area contributed by atoms with Crippen LogP contribution in [0.5, 0.6) is 0 Å². The second kappa shape index (κ2) is 22.3. The van der Waals surface area contributed by atoms with E-state index in [0.717, 1.165) is 41.0 Å². The van der Waals surface area contributed by atoms with Crippen LogP contribution in [0.3, 0.4) is 0 Å². The summed E-state index contributed by atoms with van der Waals surface area (Å²) in [7, 11) is 0. The van der Waals surface area contributed by atoms with Crippen LogP contribution in [-0.4, -0.2) is 36.3 Å². The van der Waals surface area contributed by atoms with Crippen LogP contribution in [0.4, 0.5) is 37.7 Å². The van der Waals surface area contributed by atoms with Crippen molar-refractivity contribution in [2.45, 2.75) is 18.9 Å². The summed E-state index contributed by atoms with van der Waals surface area (Å²) in [6.45, 7) is -0.429. The number of hydrogen-bond acceptors (Lipinski definition) is 8. The molecule has 0 atom stereocenters. The SMILES string of the molecule is O=C(CBr)c1ccc(-c2cccc(C(F)(F)F)c2)cc1.O=C(Cn1cc(Br)cc([N+](=O)[O-])c1=O)c1ccc(-c2cccc(C(F)(F)F)c2)cc1.O=c1[nH]cc(Br)cc1[N+](=O)[O-].[H-].[Na+]. The van der Waals surface area contributed by atoms with Crippen molar-refractivity contribution in [2.75, 3.05) is 5.33 Å². The van der Waals surface area contributed by atoms with Crippen LogP contribution in [0.2, 0.25) is 0 Å². The third-order valence-corrected chi connectivity index (χ3v) is 9.57. The number of Topliss-reactive ketones (excluding diaryl/α,β-unsaturated/α-hetero) is 2. The molecular formula is C40H26Br3F6N4NaO8. The molecule has 2 aromatic heterocycles. The van der Waals surface area contributed by atoms with Crippen molar-refractivity contribution < 1.29 is 76.8 Å². The van der Waals surface area contributed by atoms with Crippen LogP contribution in [0, 0.1) is 20.2 Å². The van der Waals surface area contributed by atoms with E-state index in [0.29, 0.717) is 32.3 Å². The number of rotatable bonds is 9. The van der Waals surface area contributed by atoms with Crippen LogP contribution >= 0.6 is 47.8 Å². The minimum absolute atomic E-state index is 0. The smallest absolute Gasteiger partial charge is 1.00 e. The Morgan fingerprint density at radius 3 is 1.48 bits per heavy atom. The Balaban J connectivity index is 0.000000356. The number of carbonyl (C=O) groups excluding carboxylic acids is 2. The van der Waals surface area contributed by atoms with Crippen LogP contribution in [0.1, 0.15) is 33.3 Å². The van der Waals surface area contributed by atoms with E-state index in [2.05, 4.69) is 52.8 Å². The number of aromatic nitrogens is 2. The molecule has 0 aliphatic heterocycles. The van der Waals surface area contributed by atoms with Crippen molar-refractivity contribution in [1.82, 2.24) is 9.55 Å². The zero-order valence-electron chi connectivity index (χ0n) is 32.5. The number of nitro groups is 2. The van der Waals surface area contributed by atoms with Gasteiger partial charge in [-0.05, 0) is 78.4 Å². The predicted octanol–water partition coefficient (Wildman–Crippen LogP) is 8.20. The number of ketones is 2. The molecule has 0 saturated carbocycles. The summed E-state index contributed by atoms with van der Waals surface area (Å²) in [5, 5.41) is 21.3. The number of alkyl halides is 7. The van der Waals surface area contributed by atoms with Crippen LogP contribution in [0.25, 0.3) is 22.3 Å². The van der Waals surface area contributed by atoms with Gasteiger partial charge < -0.3 is 11.0 Å². The molecule has 6 aromatic rings. The fourth-order valence-electron chi connectivity index (χ4n) is 5.18. The number of pyridine rings is 2. The van der Waals surface area contributed by atoms with Gasteiger partial charge in [0.15, 0.2) is 11.6 Å². The molecule has 0 aliphatic rings.